The zero-order valence-electron chi connectivity index (χ0n) is 21.3. The number of carbonyl (C=O) groups is 1. The number of piperazine rings is 2. The van der Waals surface area contributed by atoms with Gasteiger partial charge in [0.1, 0.15) is 0 Å². The first kappa shape index (κ1) is 24.7. The van der Waals surface area contributed by atoms with Gasteiger partial charge in [0.25, 0.3) is 5.91 Å². The van der Waals surface area contributed by atoms with Gasteiger partial charge in [0.2, 0.25) is 0 Å². The standard InChI is InChI=1S/C30H35ClN4O/c1-23-20-24(2)27(30(36)35-18-16-33(17-19-35)26-8-4-3-5-9-26)21-25(23)22-32-12-14-34(15-13-32)29-11-7-6-10-28(29)31/h3-11,20-21H,12-19,22H2,1-2H3. The molecule has 5 rings (SSSR count). The van der Waals surface area contributed by atoms with E-state index in [9.17, 15) is 4.79 Å². The highest BCUT2D eigenvalue weighted by atomic mass is 35.5. The molecule has 0 unspecified atom stereocenters. The number of nitrogens with zero attached hydrogens (tertiary/aromatic N) is 4. The van der Waals surface area contributed by atoms with Gasteiger partial charge in [-0.15, -0.1) is 0 Å². The minimum atomic E-state index is 0.157. The molecule has 5 nitrogen and oxygen atoms in total. The van der Waals surface area contributed by atoms with Crippen molar-refractivity contribution in [2.24, 2.45) is 0 Å². The van der Waals surface area contributed by atoms with E-state index in [2.05, 4.69) is 71.0 Å². The van der Waals surface area contributed by atoms with E-state index in [4.69, 9.17) is 11.6 Å². The minimum Gasteiger partial charge on any atom is -0.368 e. The van der Waals surface area contributed by atoms with E-state index in [1.807, 2.05) is 29.2 Å². The summed E-state index contributed by atoms with van der Waals surface area (Å²) < 4.78 is 0. The maximum atomic E-state index is 13.5. The molecule has 188 valence electrons. The first-order valence-corrected chi connectivity index (χ1v) is 13.3. The lowest BCUT2D eigenvalue weighted by Gasteiger charge is -2.37. The van der Waals surface area contributed by atoms with Crippen LogP contribution in [0.4, 0.5) is 11.4 Å². The second kappa shape index (κ2) is 10.9. The lowest BCUT2D eigenvalue weighted by atomic mass is 9.98. The molecule has 2 aliphatic heterocycles. The lowest BCUT2D eigenvalue weighted by molar-refractivity contribution is 0.0746. The number of hydrogen-bond acceptors (Lipinski definition) is 4. The second-order valence-electron chi connectivity index (χ2n) is 9.92. The molecule has 0 radical (unpaired) electrons. The zero-order chi connectivity index (χ0) is 25.1. The Morgan fingerprint density at radius 3 is 2.08 bits per heavy atom. The van der Waals surface area contributed by atoms with Crippen LogP contribution in [0.3, 0.4) is 0 Å². The largest absolute Gasteiger partial charge is 0.368 e. The van der Waals surface area contributed by atoms with E-state index in [0.29, 0.717) is 0 Å². The van der Waals surface area contributed by atoms with Crippen LogP contribution in [0.25, 0.3) is 0 Å². The average Bonchev–Trinajstić information content (AvgIpc) is 2.91. The topological polar surface area (TPSA) is 30.0 Å². The van der Waals surface area contributed by atoms with Gasteiger partial charge in [0.05, 0.1) is 10.7 Å². The van der Waals surface area contributed by atoms with E-state index in [-0.39, 0.29) is 5.91 Å². The number of anilines is 2. The molecule has 0 aliphatic carbocycles. The Hall–Kier alpha value is -3.02. The summed E-state index contributed by atoms with van der Waals surface area (Å²) in [5.41, 5.74) is 6.76. The van der Waals surface area contributed by atoms with Crippen molar-refractivity contribution in [2.75, 3.05) is 62.2 Å². The normalized spacial score (nSPS) is 16.9. The first-order chi connectivity index (χ1) is 17.5. The fourth-order valence-corrected chi connectivity index (χ4v) is 5.63. The monoisotopic (exact) mass is 502 g/mol. The molecule has 0 aromatic heterocycles. The molecular formula is C30H35ClN4O. The highest BCUT2D eigenvalue weighted by Crippen LogP contribution is 2.27. The Morgan fingerprint density at radius 1 is 0.750 bits per heavy atom. The van der Waals surface area contributed by atoms with Crippen LogP contribution in [-0.4, -0.2) is 68.1 Å². The van der Waals surface area contributed by atoms with Gasteiger partial charge in [0, 0.05) is 70.2 Å². The highest BCUT2D eigenvalue weighted by molar-refractivity contribution is 6.33. The number of hydrogen-bond donors (Lipinski definition) is 0. The van der Waals surface area contributed by atoms with Crippen LogP contribution in [0.2, 0.25) is 5.02 Å². The fourth-order valence-electron chi connectivity index (χ4n) is 5.37. The smallest absolute Gasteiger partial charge is 0.254 e. The Balaban J connectivity index is 1.22. The summed E-state index contributed by atoms with van der Waals surface area (Å²) in [6.07, 6.45) is 0. The number of benzene rings is 3. The van der Waals surface area contributed by atoms with Crippen molar-refractivity contribution >= 4 is 28.9 Å². The van der Waals surface area contributed by atoms with Crippen LogP contribution in [-0.2, 0) is 6.54 Å². The molecule has 2 fully saturated rings. The quantitative estimate of drug-likeness (QED) is 0.477. The predicted octanol–water partition coefficient (Wildman–Crippen LogP) is 5.24. The van der Waals surface area contributed by atoms with Crippen molar-refractivity contribution < 1.29 is 4.79 Å². The molecular weight excluding hydrogens is 468 g/mol. The molecule has 0 N–H and O–H groups in total. The van der Waals surface area contributed by atoms with E-state index in [1.54, 1.807) is 0 Å². The van der Waals surface area contributed by atoms with Crippen molar-refractivity contribution in [3.63, 3.8) is 0 Å². The molecule has 36 heavy (non-hydrogen) atoms. The molecule has 3 aromatic carbocycles. The number of para-hydroxylation sites is 2. The van der Waals surface area contributed by atoms with Gasteiger partial charge in [-0.3, -0.25) is 9.69 Å². The lowest BCUT2D eigenvalue weighted by Crippen LogP contribution is -2.49. The van der Waals surface area contributed by atoms with Gasteiger partial charge in [-0.25, -0.2) is 0 Å². The summed E-state index contributed by atoms with van der Waals surface area (Å²) in [7, 11) is 0. The molecule has 2 heterocycles. The van der Waals surface area contributed by atoms with Crippen LogP contribution in [0.5, 0.6) is 0 Å². The molecule has 2 aliphatic rings. The van der Waals surface area contributed by atoms with Crippen molar-refractivity contribution in [2.45, 2.75) is 20.4 Å². The van der Waals surface area contributed by atoms with Gasteiger partial charge in [-0.2, -0.15) is 0 Å². The fraction of sp³-hybridized carbons (Fsp3) is 0.367. The zero-order valence-corrected chi connectivity index (χ0v) is 22.0. The van der Waals surface area contributed by atoms with Crippen molar-refractivity contribution in [3.8, 4) is 0 Å². The summed E-state index contributed by atoms with van der Waals surface area (Å²) in [4.78, 5) is 22.8. The molecule has 0 saturated carbocycles. The third-order valence-electron chi connectivity index (χ3n) is 7.56. The van der Waals surface area contributed by atoms with E-state index in [0.717, 1.165) is 80.7 Å². The van der Waals surface area contributed by atoms with Crippen LogP contribution >= 0.6 is 11.6 Å². The predicted molar refractivity (Wildman–Crippen MR) is 149 cm³/mol. The minimum absolute atomic E-state index is 0.157. The number of rotatable bonds is 5. The second-order valence-corrected chi connectivity index (χ2v) is 10.3. The molecule has 0 bridgehead atoms. The van der Waals surface area contributed by atoms with Gasteiger partial charge < -0.3 is 14.7 Å². The summed E-state index contributed by atoms with van der Waals surface area (Å²) in [5, 5.41) is 0.813. The van der Waals surface area contributed by atoms with Gasteiger partial charge in [-0.05, 0) is 60.9 Å². The van der Waals surface area contributed by atoms with Crippen LogP contribution in [0.1, 0.15) is 27.0 Å². The Kier molecular flexibility index (Phi) is 7.49. The van der Waals surface area contributed by atoms with E-state index >= 15 is 0 Å². The van der Waals surface area contributed by atoms with Gasteiger partial charge in [0.15, 0.2) is 0 Å². The first-order valence-electron chi connectivity index (χ1n) is 12.9. The molecule has 2 saturated heterocycles. The Bertz CT molecular complexity index is 1200. The summed E-state index contributed by atoms with van der Waals surface area (Å²) in [6.45, 7) is 12.2. The summed E-state index contributed by atoms with van der Waals surface area (Å²) in [5.74, 6) is 0.157. The number of carbonyl (C=O) groups excluding carboxylic acids is 1. The van der Waals surface area contributed by atoms with Crippen molar-refractivity contribution in [3.05, 3.63) is 94.0 Å². The summed E-state index contributed by atoms with van der Waals surface area (Å²) >= 11 is 6.42. The molecule has 6 heteroatoms. The van der Waals surface area contributed by atoms with Crippen LogP contribution < -0.4 is 9.80 Å². The Labute approximate surface area is 219 Å². The third-order valence-corrected chi connectivity index (χ3v) is 7.88. The number of amides is 1. The maximum absolute atomic E-state index is 13.5. The summed E-state index contributed by atoms with van der Waals surface area (Å²) in [6, 6.07) is 22.9. The van der Waals surface area contributed by atoms with Crippen LogP contribution in [0, 0.1) is 13.8 Å². The van der Waals surface area contributed by atoms with E-state index < -0.39 is 0 Å². The molecule has 0 spiro atoms. The molecule has 1 amide bonds. The van der Waals surface area contributed by atoms with E-state index in [1.165, 1.54) is 16.8 Å². The van der Waals surface area contributed by atoms with Crippen molar-refractivity contribution in [1.29, 1.82) is 0 Å². The van der Waals surface area contributed by atoms with Crippen molar-refractivity contribution in [1.82, 2.24) is 9.80 Å². The number of halogens is 1. The van der Waals surface area contributed by atoms with Gasteiger partial charge >= 0.3 is 0 Å². The Morgan fingerprint density at radius 2 is 1.39 bits per heavy atom. The van der Waals surface area contributed by atoms with Gasteiger partial charge in [-0.1, -0.05) is 48.0 Å². The highest BCUT2D eigenvalue weighted by Gasteiger charge is 2.25. The number of aryl methyl sites for hydroxylation is 2. The third kappa shape index (κ3) is 5.37. The van der Waals surface area contributed by atoms with Crippen LogP contribution in [0.15, 0.2) is 66.7 Å². The SMILES string of the molecule is Cc1cc(C)c(C(=O)N2CCN(c3ccccc3)CC2)cc1CN1CCN(c2ccccc2Cl)CC1. The maximum Gasteiger partial charge on any atom is 0.254 e. The molecule has 3 aromatic rings. The molecule has 0 atom stereocenters. The average molecular weight is 503 g/mol.